The van der Waals surface area contributed by atoms with E-state index in [-0.39, 0.29) is 5.91 Å². The van der Waals surface area contributed by atoms with Gasteiger partial charge in [0.1, 0.15) is 5.75 Å². The first-order valence-corrected chi connectivity index (χ1v) is 8.82. The highest BCUT2D eigenvalue weighted by Crippen LogP contribution is 2.30. The number of aryl methyl sites for hydroxylation is 1. The van der Waals surface area contributed by atoms with Crippen molar-refractivity contribution in [2.75, 3.05) is 32.8 Å². The van der Waals surface area contributed by atoms with Crippen LogP contribution in [0.2, 0.25) is 0 Å². The zero-order valence-corrected chi connectivity index (χ0v) is 14.9. The molecule has 1 aliphatic rings. The third kappa shape index (κ3) is 4.47. The quantitative estimate of drug-likeness (QED) is 0.818. The molecule has 1 saturated heterocycles. The molecule has 0 bridgehead atoms. The molecule has 1 N–H and O–H groups in total. The van der Waals surface area contributed by atoms with E-state index in [0.29, 0.717) is 5.92 Å². The van der Waals surface area contributed by atoms with Gasteiger partial charge in [-0.25, -0.2) is 0 Å². The van der Waals surface area contributed by atoms with Gasteiger partial charge >= 0.3 is 0 Å². The molecule has 1 heterocycles. The van der Waals surface area contributed by atoms with Crippen molar-refractivity contribution in [2.24, 2.45) is 0 Å². The van der Waals surface area contributed by atoms with E-state index in [1.165, 1.54) is 0 Å². The summed E-state index contributed by atoms with van der Waals surface area (Å²) in [5.41, 5.74) is 2.95. The Bertz CT molecular complexity index is 534. The van der Waals surface area contributed by atoms with E-state index in [0.717, 1.165) is 68.1 Å². The lowest BCUT2D eigenvalue weighted by Gasteiger charge is -2.28. The summed E-state index contributed by atoms with van der Waals surface area (Å²) in [6.45, 7) is 12.5. The number of rotatable bonds is 6. The van der Waals surface area contributed by atoms with Crippen molar-refractivity contribution in [3.8, 4) is 5.75 Å². The highest BCUT2D eigenvalue weighted by molar-refractivity contribution is 5.96. The molecule has 0 saturated carbocycles. The second-order valence-electron chi connectivity index (χ2n) is 6.60. The Kier molecular flexibility index (Phi) is 6.46. The molecule has 1 aromatic rings. The number of amides is 1. The third-order valence-electron chi connectivity index (χ3n) is 4.37. The van der Waals surface area contributed by atoms with Crippen molar-refractivity contribution in [3.05, 3.63) is 28.8 Å². The number of nitrogens with zero attached hydrogens (tertiary/aromatic N) is 1. The third-order valence-corrected chi connectivity index (χ3v) is 4.37. The van der Waals surface area contributed by atoms with Crippen molar-refractivity contribution in [2.45, 2.75) is 46.5 Å². The van der Waals surface area contributed by atoms with Crippen LogP contribution in [0.3, 0.4) is 0 Å². The lowest BCUT2D eigenvalue weighted by Crippen LogP contribution is -2.46. The number of piperazine rings is 1. The maximum absolute atomic E-state index is 12.8. The van der Waals surface area contributed by atoms with Crippen molar-refractivity contribution < 1.29 is 9.53 Å². The molecule has 0 atom stereocenters. The smallest absolute Gasteiger partial charge is 0.254 e. The fourth-order valence-electron chi connectivity index (χ4n) is 2.87. The summed E-state index contributed by atoms with van der Waals surface area (Å²) < 4.78 is 5.97. The lowest BCUT2D eigenvalue weighted by atomic mass is 9.95. The summed E-state index contributed by atoms with van der Waals surface area (Å²) in [5, 5.41) is 3.29. The van der Waals surface area contributed by atoms with Crippen LogP contribution in [0.1, 0.15) is 61.0 Å². The van der Waals surface area contributed by atoms with Gasteiger partial charge in [0.2, 0.25) is 0 Å². The fraction of sp³-hybridized carbons (Fsp3) is 0.632. The van der Waals surface area contributed by atoms with Crippen LogP contribution in [-0.4, -0.2) is 43.6 Å². The van der Waals surface area contributed by atoms with Gasteiger partial charge in [-0.3, -0.25) is 4.79 Å². The topological polar surface area (TPSA) is 41.6 Å². The predicted molar refractivity (Wildman–Crippen MR) is 94.4 cm³/mol. The number of hydrogen-bond donors (Lipinski definition) is 1. The molecule has 4 heteroatoms. The SMILES string of the molecule is CCCCOc1cc(C)c(C(=O)N2CCNCC2)cc1C(C)C. The van der Waals surface area contributed by atoms with Crippen LogP contribution in [0, 0.1) is 6.92 Å². The summed E-state index contributed by atoms with van der Waals surface area (Å²) >= 11 is 0. The molecule has 23 heavy (non-hydrogen) atoms. The molecule has 1 amide bonds. The van der Waals surface area contributed by atoms with Crippen molar-refractivity contribution in [1.29, 1.82) is 0 Å². The van der Waals surface area contributed by atoms with Gasteiger partial charge in [0.05, 0.1) is 6.61 Å². The largest absolute Gasteiger partial charge is 0.493 e. The van der Waals surface area contributed by atoms with E-state index in [2.05, 4.69) is 26.1 Å². The van der Waals surface area contributed by atoms with Gasteiger partial charge in [0, 0.05) is 31.7 Å². The van der Waals surface area contributed by atoms with Gasteiger partial charge in [-0.2, -0.15) is 0 Å². The van der Waals surface area contributed by atoms with Gasteiger partial charge in [-0.05, 0) is 42.5 Å². The van der Waals surface area contributed by atoms with Crippen LogP contribution in [0.4, 0.5) is 0 Å². The molecule has 1 aliphatic heterocycles. The molecule has 128 valence electrons. The normalized spacial score (nSPS) is 15.1. The molecular weight excluding hydrogens is 288 g/mol. The maximum Gasteiger partial charge on any atom is 0.254 e. The summed E-state index contributed by atoms with van der Waals surface area (Å²) in [6, 6.07) is 4.09. The summed E-state index contributed by atoms with van der Waals surface area (Å²) in [7, 11) is 0. The van der Waals surface area contributed by atoms with Gasteiger partial charge < -0.3 is 15.0 Å². The zero-order valence-electron chi connectivity index (χ0n) is 14.9. The van der Waals surface area contributed by atoms with Crippen LogP contribution >= 0.6 is 0 Å². The predicted octanol–water partition coefficient (Wildman–Crippen LogP) is 3.34. The molecule has 0 unspecified atom stereocenters. The Labute approximate surface area is 140 Å². The zero-order chi connectivity index (χ0) is 16.8. The first kappa shape index (κ1) is 17.8. The summed E-state index contributed by atoms with van der Waals surface area (Å²) in [5.74, 6) is 1.41. The first-order chi connectivity index (χ1) is 11.0. The Morgan fingerprint density at radius 2 is 2.00 bits per heavy atom. The second-order valence-corrected chi connectivity index (χ2v) is 6.60. The highest BCUT2D eigenvalue weighted by atomic mass is 16.5. The van der Waals surface area contributed by atoms with Gasteiger partial charge in [-0.1, -0.05) is 27.2 Å². The number of ether oxygens (including phenoxy) is 1. The number of nitrogens with one attached hydrogen (secondary N) is 1. The molecule has 2 rings (SSSR count). The van der Waals surface area contributed by atoms with E-state index in [1.54, 1.807) is 0 Å². The molecule has 4 nitrogen and oxygen atoms in total. The average molecular weight is 318 g/mol. The van der Waals surface area contributed by atoms with Crippen LogP contribution in [-0.2, 0) is 0 Å². The fourth-order valence-corrected chi connectivity index (χ4v) is 2.87. The Hall–Kier alpha value is -1.55. The molecule has 0 radical (unpaired) electrons. The number of carbonyl (C=O) groups is 1. The van der Waals surface area contributed by atoms with Crippen molar-refractivity contribution in [3.63, 3.8) is 0 Å². The van der Waals surface area contributed by atoms with Crippen LogP contribution in [0.5, 0.6) is 5.75 Å². The Balaban J connectivity index is 2.26. The number of unbranched alkanes of at least 4 members (excludes halogenated alkanes) is 1. The second kappa shape index (κ2) is 8.34. The van der Waals surface area contributed by atoms with Crippen molar-refractivity contribution >= 4 is 5.91 Å². The molecule has 1 fully saturated rings. The van der Waals surface area contributed by atoms with Gasteiger partial charge in [-0.15, -0.1) is 0 Å². The molecule has 0 spiro atoms. The highest BCUT2D eigenvalue weighted by Gasteiger charge is 2.22. The van der Waals surface area contributed by atoms with Gasteiger partial charge in [0.15, 0.2) is 0 Å². The Morgan fingerprint density at radius 1 is 1.30 bits per heavy atom. The summed E-state index contributed by atoms with van der Waals surface area (Å²) in [6.07, 6.45) is 2.17. The number of carbonyl (C=O) groups excluding carboxylic acids is 1. The van der Waals surface area contributed by atoms with Crippen LogP contribution in [0.15, 0.2) is 12.1 Å². The minimum absolute atomic E-state index is 0.144. The molecular formula is C19H30N2O2. The summed E-state index contributed by atoms with van der Waals surface area (Å²) in [4.78, 5) is 14.8. The van der Waals surface area contributed by atoms with E-state index in [4.69, 9.17) is 4.74 Å². The number of hydrogen-bond acceptors (Lipinski definition) is 3. The number of benzene rings is 1. The van der Waals surface area contributed by atoms with E-state index in [9.17, 15) is 4.79 Å². The standard InChI is InChI=1S/C19H30N2O2/c1-5-6-11-23-18-12-15(4)17(13-16(18)14(2)3)19(22)21-9-7-20-8-10-21/h12-14,20H,5-11H2,1-4H3. The van der Waals surface area contributed by atoms with Crippen LogP contribution < -0.4 is 10.1 Å². The first-order valence-electron chi connectivity index (χ1n) is 8.82. The maximum atomic E-state index is 12.8. The van der Waals surface area contributed by atoms with E-state index in [1.807, 2.05) is 24.0 Å². The lowest BCUT2D eigenvalue weighted by molar-refractivity contribution is 0.0735. The molecule has 1 aromatic carbocycles. The monoisotopic (exact) mass is 318 g/mol. The van der Waals surface area contributed by atoms with Gasteiger partial charge in [0.25, 0.3) is 5.91 Å². The minimum Gasteiger partial charge on any atom is -0.493 e. The average Bonchev–Trinajstić information content (AvgIpc) is 2.55. The van der Waals surface area contributed by atoms with E-state index >= 15 is 0 Å². The van der Waals surface area contributed by atoms with Crippen molar-refractivity contribution in [1.82, 2.24) is 10.2 Å². The van der Waals surface area contributed by atoms with Crippen LogP contribution in [0.25, 0.3) is 0 Å². The van der Waals surface area contributed by atoms with E-state index < -0.39 is 0 Å². The minimum atomic E-state index is 0.144. The molecule has 0 aliphatic carbocycles. The Morgan fingerprint density at radius 3 is 2.61 bits per heavy atom. The molecule has 0 aromatic heterocycles.